The number of ether oxygens (including phenoxy) is 1. The maximum absolute atomic E-state index is 6.36. The van der Waals surface area contributed by atoms with E-state index in [0.29, 0.717) is 16.7 Å². The number of hydrogen-bond donors (Lipinski definition) is 1. The van der Waals surface area contributed by atoms with E-state index >= 15 is 0 Å². The SMILES string of the molecule is NC(c1cccc(OCc2ccccc2)c1)c1cccc(Cl)c1Cl. The van der Waals surface area contributed by atoms with Crippen LogP contribution in [0.15, 0.2) is 72.8 Å². The number of rotatable bonds is 5. The second kappa shape index (κ2) is 7.71. The summed E-state index contributed by atoms with van der Waals surface area (Å²) < 4.78 is 5.86. The summed E-state index contributed by atoms with van der Waals surface area (Å²) in [5.41, 5.74) is 9.20. The molecule has 0 aliphatic carbocycles. The summed E-state index contributed by atoms with van der Waals surface area (Å²) in [6, 6.07) is 22.9. The molecule has 0 bridgehead atoms. The molecule has 3 rings (SSSR count). The minimum atomic E-state index is -0.364. The van der Waals surface area contributed by atoms with E-state index in [2.05, 4.69) is 0 Å². The molecule has 0 saturated heterocycles. The van der Waals surface area contributed by atoms with Gasteiger partial charge < -0.3 is 10.5 Å². The Morgan fingerprint density at radius 3 is 2.42 bits per heavy atom. The molecule has 122 valence electrons. The van der Waals surface area contributed by atoms with Crippen LogP contribution in [0.3, 0.4) is 0 Å². The molecular weight excluding hydrogens is 341 g/mol. The van der Waals surface area contributed by atoms with Gasteiger partial charge in [0.05, 0.1) is 16.1 Å². The van der Waals surface area contributed by atoms with Gasteiger partial charge >= 0.3 is 0 Å². The standard InChI is InChI=1S/C20H17Cl2NO/c21-18-11-5-10-17(19(18)22)20(23)15-8-4-9-16(12-15)24-13-14-6-2-1-3-7-14/h1-12,20H,13,23H2. The molecule has 0 amide bonds. The van der Waals surface area contributed by atoms with E-state index in [1.807, 2.05) is 66.7 Å². The summed E-state index contributed by atoms with van der Waals surface area (Å²) in [5, 5.41) is 0.989. The maximum Gasteiger partial charge on any atom is 0.120 e. The smallest absolute Gasteiger partial charge is 0.120 e. The fourth-order valence-electron chi connectivity index (χ4n) is 2.48. The monoisotopic (exact) mass is 357 g/mol. The maximum atomic E-state index is 6.36. The molecule has 2 nitrogen and oxygen atoms in total. The van der Waals surface area contributed by atoms with Gasteiger partial charge in [0, 0.05) is 0 Å². The highest BCUT2D eigenvalue weighted by molar-refractivity contribution is 6.42. The lowest BCUT2D eigenvalue weighted by Crippen LogP contribution is -2.12. The van der Waals surface area contributed by atoms with Gasteiger partial charge in [-0.2, -0.15) is 0 Å². The summed E-state index contributed by atoms with van der Waals surface area (Å²) in [6.07, 6.45) is 0. The Kier molecular flexibility index (Phi) is 5.41. The predicted molar refractivity (Wildman–Crippen MR) is 99.7 cm³/mol. The summed E-state index contributed by atoms with van der Waals surface area (Å²) in [6.45, 7) is 0.511. The van der Waals surface area contributed by atoms with Crippen LogP contribution >= 0.6 is 23.2 Å². The van der Waals surface area contributed by atoms with Crippen LogP contribution in [0, 0.1) is 0 Å². The van der Waals surface area contributed by atoms with Gasteiger partial charge in [0.15, 0.2) is 0 Å². The van der Waals surface area contributed by atoms with Gasteiger partial charge in [-0.05, 0) is 34.9 Å². The van der Waals surface area contributed by atoms with Crippen LogP contribution in [-0.2, 0) is 6.61 Å². The Morgan fingerprint density at radius 2 is 1.62 bits per heavy atom. The average molecular weight is 358 g/mol. The normalized spacial score (nSPS) is 12.0. The summed E-state index contributed by atoms with van der Waals surface area (Å²) in [7, 11) is 0. The molecule has 4 heteroatoms. The fraction of sp³-hybridized carbons (Fsp3) is 0.100. The van der Waals surface area contributed by atoms with Crippen molar-refractivity contribution in [3.63, 3.8) is 0 Å². The summed E-state index contributed by atoms with van der Waals surface area (Å²) >= 11 is 12.4. The Labute approximate surface area is 151 Å². The van der Waals surface area contributed by atoms with Gasteiger partial charge in [0.25, 0.3) is 0 Å². The first-order valence-corrected chi connectivity index (χ1v) is 8.37. The van der Waals surface area contributed by atoms with Crippen molar-refractivity contribution < 1.29 is 4.74 Å². The second-order valence-corrected chi connectivity index (χ2v) is 6.25. The van der Waals surface area contributed by atoms with Gasteiger partial charge in [-0.3, -0.25) is 0 Å². The molecule has 0 fully saturated rings. The van der Waals surface area contributed by atoms with E-state index in [-0.39, 0.29) is 6.04 Å². The minimum absolute atomic E-state index is 0.364. The van der Waals surface area contributed by atoms with Crippen LogP contribution in [-0.4, -0.2) is 0 Å². The van der Waals surface area contributed by atoms with Crippen LogP contribution in [0.25, 0.3) is 0 Å². The van der Waals surface area contributed by atoms with Crippen molar-refractivity contribution in [3.8, 4) is 5.75 Å². The summed E-state index contributed by atoms with van der Waals surface area (Å²) in [4.78, 5) is 0. The first-order chi connectivity index (χ1) is 11.6. The third kappa shape index (κ3) is 3.90. The molecule has 3 aromatic rings. The molecule has 0 saturated carbocycles. The van der Waals surface area contributed by atoms with Crippen molar-refractivity contribution >= 4 is 23.2 Å². The average Bonchev–Trinajstić information content (AvgIpc) is 2.63. The van der Waals surface area contributed by atoms with Gasteiger partial charge in [0.2, 0.25) is 0 Å². The van der Waals surface area contributed by atoms with Crippen molar-refractivity contribution in [2.24, 2.45) is 5.73 Å². The van der Waals surface area contributed by atoms with Crippen LogP contribution in [0.5, 0.6) is 5.75 Å². The fourth-order valence-corrected chi connectivity index (χ4v) is 2.90. The largest absolute Gasteiger partial charge is 0.489 e. The molecular formula is C20H17Cl2NO. The highest BCUT2D eigenvalue weighted by Crippen LogP contribution is 2.32. The molecule has 24 heavy (non-hydrogen) atoms. The Hall–Kier alpha value is -2.00. The van der Waals surface area contributed by atoms with Crippen LogP contribution in [0.4, 0.5) is 0 Å². The van der Waals surface area contributed by atoms with Crippen molar-refractivity contribution in [1.29, 1.82) is 0 Å². The van der Waals surface area contributed by atoms with Gasteiger partial charge in [-0.15, -0.1) is 0 Å². The number of halogens is 2. The Balaban J connectivity index is 1.78. The molecule has 0 aliphatic rings. The van der Waals surface area contributed by atoms with Crippen molar-refractivity contribution in [2.75, 3.05) is 0 Å². The molecule has 1 atom stereocenters. The molecule has 3 aromatic carbocycles. The molecule has 0 radical (unpaired) electrons. The van der Waals surface area contributed by atoms with E-state index in [1.165, 1.54) is 0 Å². The lowest BCUT2D eigenvalue weighted by Gasteiger charge is -2.16. The molecule has 2 N–H and O–H groups in total. The lowest BCUT2D eigenvalue weighted by atomic mass is 9.99. The van der Waals surface area contributed by atoms with E-state index in [1.54, 1.807) is 6.07 Å². The zero-order chi connectivity index (χ0) is 16.9. The number of hydrogen-bond acceptors (Lipinski definition) is 2. The first kappa shape index (κ1) is 16.8. The molecule has 0 heterocycles. The highest BCUT2D eigenvalue weighted by atomic mass is 35.5. The van der Waals surface area contributed by atoms with Crippen LogP contribution in [0.2, 0.25) is 10.0 Å². The quantitative estimate of drug-likeness (QED) is 0.642. The molecule has 0 spiro atoms. The zero-order valence-corrected chi connectivity index (χ0v) is 14.5. The van der Waals surface area contributed by atoms with Gasteiger partial charge in [-0.1, -0.05) is 77.8 Å². The van der Waals surface area contributed by atoms with E-state index in [0.717, 1.165) is 22.4 Å². The molecule has 0 aromatic heterocycles. The number of nitrogens with two attached hydrogens (primary N) is 1. The third-order valence-electron chi connectivity index (χ3n) is 3.78. The second-order valence-electron chi connectivity index (χ2n) is 5.47. The van der Waals surface area contributed by atoms with Crippen LogP contribution < -0.4 is 10.5 Å². The Bertz CT molecular complexity index is 821. The number of benzene rings is 3. The van der Waals surface area contributed by atoms with Gasteiger partial charge in [0.1, 0.15) is 12.4 Å². The van der Waals surface area contributed by atoms with E-state index in [4.69, 9.17) is 33.7 Å². The van der Waals surface area contributed by atoms with Crippen LogP contribution in [0.1, 0.15) is 22.7 Å². The van der Waals surface area contributed by atoms with Crippen molar-refractivity contribution in [3.05, 3.63) is 99.5 Å². The van der Waals surface area contributed by atoms with Gasteiger partial charge in [-0.25, -0.2) is 0 Å². The third-order valence-corrected chi connectivity index (χ3v) is 4.62. The molecule has 0 aliphatic heterocycles. The van der Waals surface area contributed by atoms with E-state index < -0.39 is 0 Å². The Morgan fingerprint density at radius 1 is 0.875 bits per heavy atom. The predicted octanol–water partition coefficient (Wildman–Crippen LogP) is 5.62. The summed E-state index contributed by atoms with van der Waals surface area (Å²) in [5.74, 6) is 0.768. The topological polar surface area (TPSA) is 35.2 Å². The van der Waals surface area contributed by atoms with Crippen molar-refractivity contribution in [2.45, 2.75) is 12.6 Å². The zero-order valence-electron chi connectivity index (χ0n) is 13.0. The first-order valence-electron chi connectivity index (χ1n) is 7.61. The lowest BCUT2D eigenvalue weighted by molar-refractivity contribution is 0.306. The minimum Gasteiger partial charge on any atom is -0.489 e. The van der Waals surface area contributed by atoms with Crippen molar-refractivity contribution in [1.82, 2.24) is 0 Å². The van der Waals surface area contributed by atoms with E-state index in [9.17, 15) is 0 Å². The highest BCUT2D eigenvalue weighted by Gasteiger charge is 2.15. The molecule has 1 unspecified atom stereocenters.